The molecule has 0 radical (unpaired) electrons. The van der Waals surface area contributed by atoms with Crippen molar-refractivity contribution in [2.75, 3.05) is 26.3 Å². The highest BCUT2D eigenvalue weighted by molar-refractivity contribution is 7.14. The van der Waals surface area contributed by atoms with Crippen LogP contribution in [-0.2, 0) is 14.3 Å². The van der Waals surface area contributed by atoms with Crippen LogP contribution in [0.1, 0.15) is 32.2 Å². The second kappa shape index (κ2) is 6.55. The second-order valence-electron chi connectivity index (χ2n) is 6.58. The number of carbonyl (C=O) groups excluding carboxylic acids is 1. The normalized spacial score (nSPS) is 21.1. The average molecular weight is 362 g/mol. The summed E-state index contributed by atoms with van der Waals surface area (Å²) in [4.78, 5) is 27.6. The molecule has 2 fully saturated rings. The molecule has 2 aliphatic rings. The largest absolute Gasteiger partial charge is 0.347 e. The molecule has 7 heteroatoms. The standard InChI is InChI=1S/C18H22N2O4S/c1-2-14(20-16(21)13-5-3-4-6-15(13)25-20)17(22)19-9-7-18(8-10-19)23-11-12-24-18/h3-6,14H,2,7-12H2,1H3/t14-/m0/s1. The first kappa shape index (κ1) is 16.8. The van der Waals surface area contributed by atoms with Gasteiger partial charge in [0.15, 0.2) is 5.79 Å². The van der Waals surface area contributed by atoms with Gasteiger partial charge in [0.25, 0.3) is 5.56 Å². The van der Waals surface area contributed by atoms with Gasteiger partial charge in [-0.15, -0.1) is 0 Å². The number of hydrogen-bond donors (Lipinski definition) is 0. The predicted octanol–water partition coefficient (Wildman–Crippen LogP) is 2.38. The third kappa shape index (κ3) is 2.90. The number of carbonyl (C=O) groups is 1. The van der Waals surface area contributed by atoms with Gasteiger partial charge in [-0.1, -0.05) is 30.6 Å². The fourth-order valence-electron chi connectivity index (χ4n) is 3.70. The molecule has 1 atom stereocenters. The molecule has 1 aromatic carbocycles. The highest BCUT2D eigenvalue weighted by Gasteiger charge is 2.41. The zero-order chi connectivity index (χ0) is 17.4. The molecule has 6 nitrogen and oxygen atoms in total. The van der Waals surface area contributed by atoms with Crippen molar-refractivity contribution in [3.63, 3.8) is 0 Å². The Balaban J connectivity index is 1.55. The Morgan fingerprint density at radius 3 is 2.56 bits per heavy atom. The second-order valence-corrected chi connectivity index (χ2v) is 7.59. The van der Waals surface area contributed by atoms with Crippen LogP contribution in [-0.4, -0.2) is 46.9 Å². The maximum absolute atomic E-state index is 13.1. The molecular weight excluding hydrogens is 340 g/mol. The summed E-state index contributed by atoms with van der Waals surface area (Å²) in [5.41, 5.74) is -0.0725. The van der Waals surface area contributed by atoms with E-state index < -0.39 is 11.8 Å². The average Bonchev–Trinajstić information content (AvgIpc) is 3.22. The number of aromatic nitrogens is 1. The van der Waals surface area contributed by atoms with Gasteiger partial charge < -0.3 is 14.4 Å². The topological polar surface area (TPSA) is 60.8 Å². The van der Waals surface area contributed by atoms with Gasteiger partial charge in [-0.05, 0) is 18.6 Å². The maximum Gasteiger partial charge on any atom is 0.269 e. The van der Waals surface area contributed by atoms with Gasteiger partial charge in [0.05, 0.1) is 23.3 Å². The van der Waals surface area contributed by atoms with Crippen LogP contribution in [0.15, 0.2) is 29.1 Å². The maximum atomic E-state index is 13.1. The van der Waals surface area contributed by atoms with E-state index in [9.17, 15) is 9.59 Å². The molecule has 1 aromatic heterocycles. The molecular formula is C18H22N2O4S. The number of fused-ring (bicyclic) bond motifs is 1. The highest BCUT2D eigenvalue weighted by atomic mass is 32.1. The van der Waals surface area contributed by atoms with Crippen molar-refractivity contribution in [1.29, 1.82) is 0 Å². The zero-order valence-corrected chi connectivity index (χ0v) is 15.1. The number of piperidine rings is 1. The van der Waals surface area contributed by atoms with Crippen molar-refractivity contribution in [3.8, 4) is 0 Å². The smallest absolute Gasteiger partial charge is 0.269 e. The Morgan fingerprint density at radius 2 is 1.92 bits per heavy atom. The van der Waals surface area contributed by atoms with Crippen LogP contribution in [0.4, 0.5) is 0 Å². The Hall–Kier alpha value is -1.70. The fraction of sp³-hybridized carbons (Fsp3) is 0.556. The number of ether oxygens (including phenoxy) is 2. The summed E-state index contributed by atoms with van der Waals surface area (Å²) in [6.45, 7) is 4.42. The van der Waals surface area contributed by atoms with Crippen molar-refractivity contribution < 1.29 is 14.3 Å². The summed E-state index contributed by atoms with van der Waals surface area (Å²) >= 11 is 1.37. The van der Waals surface area contributed by atoms with Gasteiger partial charge in [-0.2, -0.15) is 0 Å². The van der Waals surface area contributed by atoms with E-state index in [-0.39, 0.29) is 11.5 Å². The lowest BCUT2D eigenvalue weighted by molar-refractivity contribution is -0.188. The summed E-state index contributed by atoms with van der Waals surface area (Å²) in [6.07, 6.45) is 1.98. The molecule has 0 N–H and O–H groups in total. The van der Waals surface area contributed by atoms with Gasteiger partial charge in [0, 0.05) is 25.9 Å². The molecule has 2 aliphatic heterocycles. The first-order valence-electron chi connectivity index (χ1n) is 8.81. The number of rotatable bonds is 3. The summed E-state index contributed by atoms with van der Waals surface area (Å²) in [7, 11) is 0. The molecule has 0 saturated carbocycles. The third-order valence-electron chi connectivity index (χ3n) is 5.12. The molecule has 0 bridgehead atoms. The lowest BCUT2D eigenvalue weighted by atomic mass is 10.0. The van der Waals surface area contributed by atoms with Crippen molar-refractivity contribution in [1.82, 2.24) is 8.86 Å². The highest BCUT2D eigenvalue weighted by Crippen LogP contribution is 2.32. The van der Waals surface area contributed by atoms with E-state index in [0.29, 0.717) is 51.0 Å². The van der Waals surface area contributed by atoms with Crippen LogP contribution in [0.2, 0.25) is 0 Å². The summed E-state index contributed by atoms with van der Waals surface area (Å²) in [6, 6.07) is 7.08. The minimum atomic E-state index is -0.493. The van der Waals surface area contributed by atoms with E-state index in [0.717, 1.165) is 4.70 Å². The van der Waals surface area contributed by atoms with Crippen molar-refractivity contribution in [2.24, 2.45) is 0 Å². The zero-order valence-electron chi connectivity index (χ0n) is 14.3. The van der Waals surface area contributed by atoms with E-state index in [1.807, 2.05) is 36.1 Å². The van der Waals surface area contributed by atoms with Gasteiger partial charge in [-0.25, -0.2) is 0 Å². The van der Waals surface area contributed by atoms with E-state index in [1.54, 1.807) is 3.96 Å². The minimum Gasteiger partial charge on any atom is -0.347 e. The molecule has 0 unspecified atom stereocenters. The first-order valence-corrected chi connectivity index (χ1v) is 9.58. The van der Waals surface area contributed by atoms with Crippen LogP contribution in [0.5, 0.6) is 0 Å². The molecule has 134 valence electrons. The Morgan fingerprint density at radius 1 is 1.24 bits per heavy atom. The van der Waals surface area contributed by atoms with E-state index in [4.69, 9.17) is 9.47 Å². The van der Waals surface area contributed by atoms with Crippen LogP contribution in [0.3, 0.4) is 0 Å². The first-order chi connectivity index (χ1) is 12.1. The van der Waals surface area contributed by atoms with Crippen LogP contribution < -0.4 is 5.56 Å². The van der Waals surface area contributed by atoms with Crippen molar-refractivity contribution in [3.05, 3.63) is 34.6 Å². The molecule has 1 spiro atoms. The van der Waals surface area contributed by atoms with E-state index >= 15 is 0 Å². The number of benzene rings is 1. The van der Waals surface area contributed by atoms with Crippen LogP contribution in [0.25, 0.3) is 10.1 Å². The van der Waals surface area contributed by atoms with Gasteiger partial charge in [0.1, 0.15) is 6.04 Å². The monoisotopic (exact) mass is 362 g/mol. The van der Waals surface area contributed by atoms with Crippen LogP contribution >= 0.6 is 11.5 Å². The molecule has 2 aromatic rings. The third-order valence-corrected chi connectivity index (χ3v) is 6.29. The number of hydrogen-bond acceptors (Lipinski definition) is 5. The lowest BCUT2D eigenvalue weighted by Crippen LogP contribution is -2.49. The van der Waals surface area contributed by atoms with Crippen LogP contribution in [0, 0.1) is 0 Å². The molecule has 0 aliphatic carbocycles. The molecule has 3 heterocycles. The summed E-state index contributed by atoms with van der Waals surface area (Å²) in [5.74, 6) is -0.476. The molecule has 1 amide bonds. The number of nitrogens with zero attached hydrogens (tertiary/aromatic N) is 2. The molecule has 2 saturated heterocycles. The number of amides is 1. The van der Waals surface area contributed by atoms with E-state index in [1.165, 1.54) is 11.5 Å². The number of likely N-dealkylation sites (tertiary alicyclic amines) is 1. The Labute approximate surface area is 150 Å². The fourth-order valence-corrected chi connectivity index (χ4v) is 4.85. The summed E-state index contributed by atoms with van der Waals surface area (Å²) < 4.78 is 14.0. The summed E-state index contributed by atoms with van der Waals surface area (Å²) in [5, 5.41) is 0.684. The van der Waals surface area contributed by atoms with Gasteiger partial charge in [-0.3, -0.25) is 13.5 Å². The van der Waals surface area contributed by atoms with Crippen molar-refractivity contribution >= 4 is 27.5 Å². The van der Waals surface area contributed by atoms with E-state index in [2.05, 4.69) is 0 Å². The minimum absolute atomic E-state index is 0.0176. The van der Waals surface area contributed by atoms with Crippen molar-refractivity contribution in [2.45, 2.75) is 38.0 Å². The Kier molecular flexibility index (Phi) is 4.39. The van der Waals surface area contributed by atoms with Gasteiger partial charge in [0.2, 0.25) is 5.91 Å². The molecule has 25 heavy (non-hydrogen) atoms. The predicted molar refractivity (Wildman–Crippen MR) is 95.9 cm³/mol. The van der Waals surface area contributed by atoms with Gasteiger partial charge >= 0.3 is 0 Å². The lowest BCUT2D eigenvalue weighted by Gasteiger charge is -2.38. The Bertz CT molecular complexity index is 827. The quantitative estimate of drug-likeness (QED) is 0.841. The SMILES string of the molecule is CC[C@@H](C(=O)N1CCC2(CC1)OCCO2)n1sc2ccccc2c1=O. The molecule has 4 rings (SSSR count).